The first-order valence-electron chi connectivity index (χ1n) is 12.7. The quantitative estimate of drug-likeness (QED) is 0.276. The van der Waals surface area contributed by atoms with Gasteiger partial charge in [0.1, 0.15) is 5.60 Å². The Morgan fingerprint density at radius 3 is 1.73 bits per heavy atom. The summed E-state index contributed by atoms with van der Waals surface area (Å²) in [6.45, 7) is 7.84. The Morgan fingerprint density at radius 2 is 1.38 bits per heavy atom. The molecule has 6 unspecified atom stereocenters. The van der Waals surface area contributed by atoms with Gasteiger partial charge in [-0.3, -0.25) is 4.79 Å². The van der Waals surface area contributed by atoms with Crippen LogP contribution in [0.4, 0.5) is 39.5 Å². The molecular formula is C25H37F9O3. The second-order valence-corrected chi connectivity index (χ2v) is 11.7. The lowest BCUT2D eigenvalue weighted by Gasteiger charge is -2.39. The SMILES string of the molecule is CC1C2CC(CC(O)(C(F)(F)F)C(F)(F)F)C(C2)C1C.CCC(C)(C(=O)OC1(C)CCCC1)C(F)(F)F. The van der Waals surface area contributed by atoms with Crippen molar-refractivity contribution in [3.05, 3.63) is 0 Å². The van der Waals surface area contributed by atoms with Crippen molar-refractivity contribution in [2.45, 2.75) is 116 Å². The summed E-state index contributed by atoms with van der Waals surface area (Å²) < 4.78 is 120. The molecule has 218 valence electrons. The fraction of sp³-hybridized carbons (Fsp3) is 0.960. The van der Waals surface area contributed by atoms with Crippen LogP contribution in [-0.2, 0) is 9.53 Å². The maximum absolute atomic E-state index is 12.9. The average Bonchev–Trinajstić information content (AvgIpc) is 3.42. The normalized spacial score (nSPS) is 31.5. The van der Waals surface area contributed by atoms with Crippen molar-refractivity contribution in [1.82, 2.24) is 0 Å². The standard InChI is InChI=1S/C13H18F6O.C12H19F3O2/c1-6-7(2)10-4-8(6)3-9(10)5-11(20,12(14,15)16)13(17,18)19;1-4-11(3,12(13,14)15)9(16)17-10(2)7-5-6-8-10/h6-10,20H,3-5H2,1-2H3;4-8H2,1-3H3. The van der Waals surface area contributed by atoms with E-state index in [2.05, 4.69) is 0 Å². The van der Waals surface area contributed by atoms with E-state index >= 15 is 0 Å². The summed E-state index contributed by atoms with van der Waals surface area (Å²) in [4.78, 5) is 11.8. The van der Waals surface area contributed by atoms with Crippen LogP contribution in [0.15, 0.2) is 0 Å². The number of esters is 1. The Balaban J connectivity index is 0.000000264. The summed E-state index contributed by atoms with van der Waals surface area (Å²) in [5, 5.41) is 9.28. The van der Waals surface area contributed by atoms with E-state index in [0.717, 1.165) is 19.8 Å². The predicted octanol–water partition coefficient (Wildman–Crippen LogP) is 8.00. The first-order chi connectivity index (χ1) is 16.5. The molecule has 2 bridgehead atoms. The number of carbonyl (C=O) groups is 1. The van der Waals surface area contributed by atoms with Gasteiger partial charge in [0.25, 0.3) is 5.60 Å². The second kappa shape index (κ2) is 10.4. The average molecular weight is 557 g/mol. The second-order valence-electron chi connectivity index (χ2n) is 11.7. The number of hydrogen-bond donors (Lipinski definition) is 1. The lowest BCUT2D eigenvalue weighted by Crippen LogP contribution is -2.58. The molecule has 0 aromatic heterocycles. The van der Waals surface area contributed by atoms with Crippen molar-refractivity contribution in [1.29, 1.82) is 0 Å². The summed E-state index contributed by atoms with van der Waals surface area (Å²) in [6.07, 6.45) is -13.4. The molecule has 0 aromatic rings. The first kappa shape index (κ1) is 32.0. The molecule has 0 heterocycles. The Hall–Kier alpha value is -1.20. The fourth-order valence-corrected chi connectivity index (χ4v) is 6.12. The highest BCUT2D eigenvalue weighted by molar-refractivity contribution is 5.77. The van der Waals surface area contributed by atoms with Crippen LogP contribution in [0.3, 0.4) is 0 Å². The summed E-state index contributed by atoms with van der Waals surface area (Å²) >= 11 is 0. The minimum absolute atomic E-state index is 0.115. The summed E-state index contributed by atoms with van der Waals surface area (Å²) in [5.74, 6) is -1.36. The van der Waals surface area contributed by atoms with Gasteiger partial charge in [-0.2, -0.15) is 39.5 Å². The molecule has 0 radical (unpaired) electrons. The molecule has 3 aliphatic rings. The molecule has 1 N–H and O–H groups in total. The Kier molecular flexibility index (Phi) is 9.01. The molecule has 3 aliphatic carbocycles. The minimum atomic E-state index is -5.69. The molecule has 0 amide bonds. The van der Waals surface area contributed by atoms with E-state index in [9.17, 15) is 49.4 Å². The van der Waals surface area contributed by atoms with Crippen LogP contribution >= 0.6 is 0 Å². The zero-order valence-electron chi connectivity index (χ0n) is 21.7. The van der Waals surface area contributed by atoms with E-state index in [0.29, 0.717) is 31.6 Å². The van der Waals surface area contributed by atoms with Crippen molar-refractivity contribution in [3.63, 3.8) is 0 Å². The summed E-state index contributed by atoms with van der Waals surface area (Å²) in [6, 6.07) is 0. The Bertz CT molecular complexity index is 783. The van der Waals surface area contributed by atoms with Gasteiger partial charge in [0.15, 0.2) is 5.41 Å². The predicted molar refractivity (Wildman–Crippen MR) is 117 cm³/mol. The van der Waals surface area contributed by atoms with Crippen LogP contribution in [0, 0.1) is 35.0 Å². The zero-order valence-corrected chi connectivity index (χ0v) is 21.7. The molecule has 3 rings (SSSR count). The number of fused-ring (bicyclic) bond motifs is 2. The number of alkyl halides is 9. The van der Waals surface area contributed by atoms with E-state index in [1.165, 1.54) is 6.92 Å². The van der Waals surface area contributed by atoms with Gasteiger partial charge in [0, 0.05) is 0 Å². The van der Waals surface area contributed by atoms with Gasteiger partial charge >= 0.3 is 24.5 Å². The zero-order chi connectivity index (χ0) is 28.8. The molecule has 0 aliphatic heterocycles. The van der Waals surface area contributed by atoms with Gasteiger partial charge in [0.2, 0.25) is 0 Å². The van der Waals surface area contributed by atoms with Gasteiger partial charge in [-0.1, -0.05) is 20.8 Å². The lowest BCUT2D eigenvalue weighted by atomic mass is 9.72. The third-order valence-corrected chi connectivity index (χ3v) is 9.31. The molecular weight excluding hydrogens is 519 g/mol. The monoisotopic (exact) mass is 556 g/mol. The molecule has 0 saturated heterocycles. The topological polar surface area (TPSA) is 46.5 Å². The smallest absolute Gasteiger partial charge is 0.426 e. The van der Waals surface area contributed by atoms with E-state index < -0.39 is 53.5 Å². The highest BCUT2D eigenvalue weighted by Crippen LogP contribution is 2.59. The molecule has 12 heteroatoms. The first-order valence-corrected chi connectivity index (χ1v) is 12.7. The van der Waals surface area contributed by atoms with Crippen LogP contribution < -0.4 is 0 Å². The van der Waals surface area contributed by atoms with Crippen molar-refractivity contribution in [2.24, 2.45) is 35.0 Å². The number of aliphatic hydroxyl groups is 1. The fourth-order valence-electron chi connectivity index (χ4n) is 6.12. The Labute approximate surface area is 211 Å². The number of halogens is 9. The van der Waals surface area contributed by atoms with Crippen molar-refractivity contribution >= 4 is 5.97 Å². The largest absolute Gasteiger partial charge is 0.459 e. The van der Waals surface area contributed by atoms with Crippen LogP contribution in [0.25, 0.3) is 0 Å². The van der Waals surface area contributed by atoms with Gasteiger partial charge in [-0.05, 0) is 94.8 Å². The molecule has 0 aromatic carbocycles. The minimum Gasteiger partial charge on any atom is -0.459 e. The van der Waals surface area contributed by atoms with E-state index in [1.807, 2.05) is 13.8 Å². The van der Waals surface area contributed by atoms with Crippen LogP contribution in [0.2, 0.25) is 0 Å². The molecule has 3 nitrogen and oxygen atoms in total. The third kappa shape index (κ3) is 6.19. The van der Waals surface area contributed by atoms with E-state index in [-0.39, 0.29) is 24.2 Å². The van der Waals surface area contributed by atoms with Crippen LogP contribution in [0.5, 0.6) is 0 Å². The highest BCUT2D eigenvalue weighted by atomic mass is 19.4. The number of ether oxygens (including phenoxy) is 1. The number of carbonyl (C=O) groups excluding carboxylic acids is 1. The highest BCUT2D eigenvalue weighted by Gasteiger charge is 2.71. The summed E-state index contributed by atoms with van der Waals surface area (Å²) in [5.41, 5.74) is -7.69. The van der Waals surface area contributed by atoms with Crippen LogP contribution in [-0.4, -0.2) is 40.8 Å². The molecule has 0 spiro atoms. The van der Waals surface area contributed by atoms with Crippen molar-refractivity contribution < 1.29 is 54.2 Å². The van der Waals surface area contributed by atoms with Gasteiger partial charge in [0.05, 0.1) is 0 Å². The molecule has 37 heavy (non-hydrogen) atoms. The third-order valence-electron chi connectivity index (χ3n) is 9.31. The van der Waals surface area contributed by atoms with Gasteiger partial charge < -0.3 is 9.84 Å². The molecule has 3 fully saturated rings. The van der Waals surface area contributed by atoms with Gasteiger partial charge in [-0.25, -0.2) is 0 Å². The summed E-state index contributed by atoms with van der Waals surface area (Å²) in [7, 11) is 0. The maximum Gasteiger partial charge on any atom is 0.426 e. The maximum atomic E-state index is 12.9. The number of hydrogen-bond acceptors (Lipinski definition) is 3. The van der Waals surface area contributed by atoms with Gasteiger partial charge in [-0.15, -0.1) is 0 Å². The van der Waals surface area contributed by atoms with E-state index in [1.54, 1.807) is 6.92 Å². The van der Waals surface area contributed by atoms with Crippen molar-refractivity contribution in [3.8, 4) is 0 Å². The van der Waals surface area contributed by atoms with Crippen LogP contribution in [0.1, 0.15) is 86.0 Å². The number of rotatable bonds is 5. The lowest BCUT2D eigenvalue weighted by molar-refractivity contribution is -0.373. The van der Waals surface area contributed by atoms with Crippen molar-refractivity contribution in [2.75, 3.05) is 0 Å². The Morgan fingerprint density at radius 1 is 0.892 bits per heavy atom. The van der Waals surface area contributed by atoms with E-state index in [4.69, 9.17) is 4.74 Å². The molecule has 3 saturated carbocycles. The molecule has 6 atom stereocenters.